The Bertz CT molecular complexity index is 1590. The van der Waals surface area contributed by atoms with Gasteiger partial charge in [0.05, 0.1) is 22.6 Å². The van der Waals surface area contributed by atoms with E-state index in [2.05, 4.69) is 25.4 Å². The van der Waals surface area contributed by atoms with Gasteiger partial charge in [0.2, 0.25) is 0 Å². The molecule has 0 aliphatic heterocycles. The summed E-state index contributed by atoms with van der Waals surface area (Å²) in [7, 11) is 0. The number of imidazole rings is 1. The van der Waals surface area contributed by atoms with Gasteiger partial charge in [0, 0.05) is 24.0 Å². The van der Waals surface area contributed by atoms with Gasteiger partial charge in [-0.3, -0.25) is 9.78 Å². The fraction of sp³-hybridized carbons (Fsp3) is 0.0833. The van der Waals surface area contributed by atoms with Gasteiger partial charge in [0.25, 0.3) is 5.91 Å². The van der Waals surface area contributed by atoms with Crippen LogP contribution >= 0.6 is 0 Å². The molecule has 0 saturated heterocycles. The van der Waals surface area contributed by atoms with Crippen LogP contribution in [0.2, 0.25) is 0 Å². The summed E-state index contributed by atoms with van der Waals surface area (Å²) in [4.78, 5) is 33.6. The Hall–Kier alpha value is -4.73. The molecule has 10 heteroatoms. The average Bonchev–Trinajstić information content (AvgIpc) is 3.34. The van der Waals surface area contributed by atoms with Crippen molar-refractivity contribution in [2.24, 2.45) is 0 Å². The third kappa shape index (κ3) is 3.81. The Balaban J connectivity index is 1.38. The smallest absolute Gasteiger partial charge is 0.325 e. The van der Waals surface area contributed by atoms with Crippen molar-refractivity contribution in [1.82, 2.24) is 24.7 Å². The van der Waals surface area contributed by atoms with Crippen molar-refractivity contribution in [3.05, 3.63) is 94.0 Å². The highest BCUT2D eigenvalue weighted by atomic mass is 19.1. The van der Waals surface area contributed by atoms with Crippen molar-refractivity contribution in [2.45, 2.75) is 13.8 Å². The molecular weight excluding hydrogens is 439 g/mol. The van der Waals surface area contributed by atoms with Crippen LogP contribution in [-0.2, 0) is 0 Å². The molecule has 0 fully saturated rings. The molecule has 3 heterocycles. The molecule has 0 radical (unpaired) electrons. The van der Waals surface area contributed by atoms with Crippen molar-refractivity contribution in [3.8, 4) is 17.2 Å². The molecule has 0 aliphatic rings. The molecule has 2 aromatic carbocycles. The van der Waals surface area contributed by atoms with Crippen LogP contribution in [0.5, 0.6) is 11.5 Å². The highest BCUT2D eigenvalue weighted by Crippen LogP contribution is 2.30. The number of aryl methyl sites for hydroxylation is 1. The lowest BCUT2D eigenvalue weighted by atomic mass is 10.1. The van der Waals surface area contributed by atoms with Crippen LogP contribution in [-0.4, -0.2) is 30.6 Å². The molecule has 0 aliphatic carbocycles. The molecule has 34 heavy (non-hydrogen) atoms. The number of pyridine rings is 1. The number of aromatic amines is 2. The highest BCUT2D eigenvalue weighted by Gasteiger charge is 2.20. The molecule has 3 N–H and O–H groups in total. The maximum atomic E-state index is 14.8. The lowest BCUT2D eigenvalue weighted by Gasteiger charge is -2.10. The van der Waals surface area contributed by atoms with Gasteiger partial charge in [-0.15, -0.1) is 0 Å². The molecule has 170 valence electrons. The first kappa shape index (κ1) is 21.1. The van der Waals surface area contributed by atoms with Crippen molar-refractivity contribution in [3.63, 3.8) is 0 Å². The SMILES string of the molecule is Cc1nn(-c2ccccc2)c(C)c1C(=O)Nc1ccc(Oc2ccnc3[nH]c(=O)[nH]c23)c(F)c1. The molecule has 5 rings (SSSR count). The van der Waals surface area contributed by atoms with E-state index in [9.17, 15) is 14.0 Å². The predicted octanol–water partition coefficient (Wildman–Crippen LogP) is 4.24. The lowest BCUT2D eigenvalue weighted by molar-refractivity contribution is 0.102. The molecule has 3 aromatic heterocycles. The van der Waals surface area contributed by atoms with E-state index < -0.39 is 17.4 Å². The number of nitrogens with one attached hydrogen (secondary N) is 3. The Morgan fingerprint density at radius 3 is 2.62 bits per heavy atom. The number of fused-ring (bicyclic) bond motifs is 1. The zero-order valence-corrected chi connectivity index (χ0v) is 18.2. The summed E-state index contributed by atoms with van der Waals surface area (Å²) in [5.41, 5.74) is 2.92. The first-order valence-electron chi connectivity index (χ1n) is 10.4. The highest BCUT2D eigenvalue weighted by molar-refractivity contribution is 6.06. The van der Waals surface area contributed by atoms with Crippen LogP contribution in [0.1, 0.15) is 21.7 Å². The number of hydrogen-bond donors (Lipinski definition) is 3. The molecule has 0 saturated carbocycles. The van der Waals surface area contributed by atoms with E-state index in [1.165, 1.54) is 24.4 Å². The summed E-state index contributed by atoms with van der Waals surface area (Å²) in [6.45, 7) is 3.56. The summed E-state index contributed by atoms with van der Waals surface area (Å²) in [5.74, 6) is -0.921. The third-order valence-corrected chi connectivity index (χ3v) is 5.31. The number of carbonyl (C=O) groups excluding carboxylic acids is 1. The van der Waals surface area contributed by atoms with Crippen LogP contribution in [0.3, 0.4) is 0 Å². The number of anilines is 1. The van der Waals surface area contributed by atoms with Gasteiger partial charge in [-0.2, -0.15) is 5.10 Å². The number of carbonyl (C=O) groups is 1. The van der Waals surface area contributed by atoms with Gasteiger partial charge < -0.3 is 15.0 Å². The van der Waals surface area contributed by atoms with Crippen molar-refractivity contribution in [2.75, 3.05) is 5.32 Å². The van der Waals surface area contributed by atoms with E-state index in [0.29, 0.717) is 28.1 Å². The summed E-state index contributed by atoms with van der Waals surface area (Å²) >= 11 is 0. The molecule has 1 amide bonds. The number of para-hydroxylation sites is 1. The van der Waals surface area contributed by atoms with E-state index in [0.717, 1.165) is 11.8 Å². The Kier molecular flexibility index (Phi) is 5.17. The maximum absolute atomic E-state index is 14.8. The molecule has 0 spiro atoms. The van der Waals surface area contributed by atoms with Gasteiger partial charge in [-0.25, -0.2) is 18.9 Å². The minimum atomic E-state index is -0.686. The minimum Gasteiger partial charge on any atom is -0.452 e. The second kappa shape index (κ2) is 8.32. The second-order valence-corrected chi connectivity index (χ2v) is 7.61. The minimum absolute atomic E-state index is 0.0724. The molecule has 0 unspecified atom stereocenters. The van der Waals surface area contributed by atoms with Crippen LogP contribution in [0, 0.1) is 19.7 Å². The first-order chi connectivity index (χ1) is 16.4. The van der Waals surface area contributed by atoms with Crippen molar-refractivity contribution in [1.29, 1.82) is 0 Å². The van der Waals surface area contributed by atoms with Crippen LogP contribution < -0.4 is 15.7 Å². The molecule has 0 bridgehead atoms. The Labute approximate surface area is 192 Å². The van der Waals surface area contributed by atoms with Gasteiger partial charge >= 0.3 is 5.69 Å². The topological polar surface area (TPSA) is 118 Å². The summed E-state index contributed by atoms with van der Waals surface area (Å²) in [6, 6.07) is 15.1. The maximum Gasteiger partial charge on any atom is 0.325 e. The fourth-order valence-corrected chi connectivity index (χ4v) is 3.76. The van der Waals surface area contributed by atoms with Crippen molar-refractivity contribution < 1.29 is 13.9 Å². The molecular formula is C24H19FN6O3. The molecule has 9 nitrogen and oxygen atoms in total. The summed E-state index contributed by atoms with van der Waals surface area (Å²) < 4.78 is 22.1. The summed E-state index contributed by atoms with van der Waals surface area (Å²) in [5, 5.41) is 7.20. The summed E-state index contributed by atoms with van der Waals surface area (Å²) in [6.07, 6.45) is 1.44. The molecule has 0 atom stereocenters. The van der Waals surface area contributed by atoms with E-state index in [1.807, 2.05) is 30.3 Å². The van der Waals surface area contributed by atoms with E-state index >= 15 is 0 Å². The van der Waals surface area contributed by atoms with E-state index in [-0.39, 0.29) is 17.2 Å². The van der Waals surface area contributed by atoms with Crippen LogP contribution in [0.25, 0.3) is 16.9 Å². The van der Waals surface area contributed by atoms with Gasteiger partial charge in [-0.05, 0) is 38.1 Å². The number of amides is 1. The zero-order chi connectivity index (χ0) is 23.8. The third-order valence-electron chi connectivity index (χ3n) is 5.31. The number of halogens is 1. The largest absolute Gasteiger partial charge is 0.452 e. The second-order valence-electron chi connectivity index (χ2n) is 7.61. The van der Waals surface area contributed by atoms with Gasteiger partial charge in [0.15, 0.2) is 23.0 Å². The number of rotatable bonds is 5. The predicted molar refractivity (Wildman–Crippen MR) is 124 cm³/mol. The number of H-pyrrole nitrogens is 2. The van der Waals surface area contributed by atoms with E-state index in [1.54, 1.807) is 18.5 Å². The lowest BCUT2D eigenvalue weighted by Crippen LogP contribution is -2.14. The number of benzene rings is 2. The monoisotopic (exact) mass is 458 g/mol. The van der Waals surface area contributed by atoms with Crippen LogP contribution in [0.4, 0.5) is 10.1 Å². The van der Waals surface area contributed by atoms with Crippen molar-refractivity contribution >= 4 is 22.8 Å². The fourth-order valence-electron chi connectivity index (χ4n) is 3.76. The average molecular weight is 458 g/mol. The first-order valence-corrected chi connectivity index (χ1v) is 10.4. The molecule has 5 aromatic rings. The number of aromatic nitrogens is 5. The Morgan fingerprint density at radius 2 is 1.85 bits per heavy atom. The zero-order valence-electron chi connectivity index (χ0n) is 18.2. The van der Waals surface area contributed by atoms with Gasteiger partial charge in [-0.1, -0.05) is 18.2 Å². The number of nitrogens with zero attached hydrogens (tertiary/aromatic N) is 3. The van der Waals surface area contributed by atoms with Crippen LogP contribution in [0.15, 0.2) is 65.6 Å². The standard InChI is InChI=1S/C24H19FN6O3/c1-13-20(14(2)31(30-13)16-6-4-3-5-7-16)23(32)27-15-8-9-18(17(25)12-15)34-19-10-11-26-22-21(19)28-24(33)29-22/h3-12H,1-2H3,(H,27,32)(H2,26,28,29,33). The van der Waals surface area contributed by atoms with E-state index in [4.69, 9.17) is 4.74 Å². The quantitative estimate of drug-likeness (QED) is 0.364. The number of ether oxygens (including phenoxy) is 1. The number of hydrogen-bond acceptors (Lipinski definition) is 5. The van der Waals surface area contributed by atoms with Gasteiger partial charge in [0.1, 0.15) is 5.52 Å². The normalized spacial score (nSPS) is 11.0. The Morgan fingerprint density at radius 1 is 1.06 bits per heavy atom.